The van der Waals surface area contributed by atoms with Crippen molar-refractivity contribution in [3.63, 3.8) is 0 Å². The SMILES string of the molecule is NCCc1ccc(O)c(O)c1.[V]. The fraction of sp³-hybridized carbons (Fsp3) is 0.250. The minimum atomic E-state index is -0.0919. The van der Waals surface area contributed by atoms with E-state index >= 15 is 0 Å². The minimum Gasteiger partial charge on any atom is -0.504 e. The van der Waals surface area contributed by atoms with Crippen LogP contribution in [0.5, 0.6) is 11.5 Å². The summed E-state index contributed by atoms with van der Waals surface area (Å²) in [5.41, 5.74) is 6.24. The molecule has 1 radical (unpaired) electrons. The van der Waals surface area contributed by atoms with Gasteiger partial charge in [0, 0.05) is 18.6 Å². The van der Waals surface area contributed by atoms with Crippen molar-refractivity contribution >= 4 is 0 Å². The molecule has 1 aromatic rings. The molecule has 3 nitrogen and oxygen atoms in total. The molecule has 0 fully saturated rings. The van der Waals surface area contributed by atoms with Crippen molar-refractivity contribution in [1.29, 1.82) is 0 Å². The maximum atomic E-state index is 9.04. The van der Waals surface area contributed by atoms with Crippen LogP contribution in [0.1, 0.15) is 5.56 Å². The van der Waals surface area contributed by atoms with E-state index in [2.05, 4.69) is 0 Å². The molecule has 0 unspecified atom stereocenters. The summed E-state index contributed by atoms with van der Waals surface area (Å²) in [6.07, 6.45) is 0.716. The summed E-state index contributed by atoms with van der Waals surface area (Å²) in [7, 11) is 0. The summed E-state index contributed by atoms with van der Waals surface area (Å²) >= 11 is 0. The van der Waals surface area contributed by atoms with Gasteiger partial charge >= 0.3 is 0 Å². The molecule has 65 valence electrons. The molecule has 1 rings (SSSR count). The first-order valence-corrected chi connectivity index (χ1v) is 3.45. The van der Waals surface area contributed by atoms with E-state index in [4.69, 9.17) is 15.9 Å². The smallest absolute Gasteiger partial charge is 0.157 e. The molecule has 4 N–H and O–H groups in total. The van der Waals surface area contributed by atoms with Gasteiger partial charge in [0.15, 0.2) is 11.5 Å². The summed E-state index contributed by atoms with van der Waals surface area (Å²) in [5.74, 6) is -0.179. The summed E-state index contributed by atoms with van der Waals surface area (Å²) in [6, 6.07) is 4.71. The van der Waals surface area contributed by atoms with Crippen LogP contribution in [0, 0.1) is 0 Å². The van der Waals surface area contributed by atoms with E-state index in [0.29, 0.717) is 13.0 Å². The van der Waals surface area contributed by atoms with Gasteiger partial charge in [0.1, 0.15) is 0 Å². The maximum Gasteiger partial charge on any atom is 0.157 e. The number of benzene rings is 1. The van der Waals surface area contributed by atoms with Gasteiger partial charge in [-0.2, -0.15) is 0 Å². The van der Waals surface area contributed by atoms with Gasteiger partial charge in [-0.15, -0.1) is 0 Å². The third-order valence-corrected chi connectivity index (χ3v) is 1.47. The van der Waals surface area contributed by atoms with Crippen LogP contribution in [-0.4, -0.2) is 16.8 Å². The molecule has 0 bridgehead atoms. The molecule has 0 aliphatic rings. The Hall–Kier alpha value is -0.636. The first-order chi connectivity index (χ1) is 5.24. The van der Waals surface area contributed by atoms with Crippen molar-refractivity contribution in [2.45, 2.75) is 6.42 Å². The average molecular weight is 204 g/mol. The quantitative estimate of drug-likeness (QED) is 0.618. The largest absolute Gasteiger partial charge is 0.504 e. The molecule has 0 aliphatic carbocycles. The number of hydrogen-bond acceptors (Lipinski definition) is 3. The summed E-state index contributed by atoms with van der Waals surface area (Å²) < 4.78 is 0. The van der Waals surface area contributed by atoms with Gasteiger partial charge < -0.3 is 15.9 Å². The molecule has 1 aromatic carbocycles. The van der Waals surface area contributed by atoms with Gasteiger partial charge in [-0.05, 0) is 30.7 Å². The predicted octanol–water partition coefficient (Wildman–Crippen LogP) is 0.596. The van der Waals surface area contributed by atoms with Crippen LogP contribution in [0.4, 0.5) is 0 Å². The molecule has 0 saturated heterocycles. The van der Waals surface area contributed by atoms with Crippen LogP contribution in [0.3, 0.4) is 0 Å². The standard InChI is InChI=1S/C8H11NO2.V/c9-4-3-6-1-2-7(10)8(11)5-6;/h1-2,5,10-11H,3-4,9H2;. The second-order valence-corrected chi connectivity index (χ2v) is 2.36. The van der Waals surface area contributed by atoms with Crippen LogP contribution in [0.15, 0.2) is 18.2 Å². The molecule has 0 spiro atoms. The van der Waals surface area contributed by atoms with E-state index in [1.165, 1.54) is 12.1 Å². The summed E-state index contributed by atoms with van der Waals surface area (Å²) in [4.78, 5) is 0. The van der Waals surface area contributed by atoms with Crippen molar-refractivity contribution < 1.29 is 28.8 Å². The molecule has 12 heavy (non-hydrogen) atoms. The fourth-order valence-electron chi connectivity index (χ4n) is 0.891. The van der Waals surface area contributed by atoms with Gasteiger partial charge in [0.2, 0.25) is 0 Å². The summed E-state index contributed by atoms with van der Waals surface area (Å²) in [5, 5.41) is 18.0. The Morgan fingerprint density at radius 3 is 2.33 bits per heavy atom. The van der Waals surface area contributed by atoms with E-state index < -0.39 is 0 Å². The van der Waals surface area contributed by atoms with Crippen LogP contribution >= 0.6 is 0 Å². The Morgan fingerprint density at radius 2 is 1.83 bits per heavy atom. The van der Waals surface area contributed by atoms with Gasteiger partial charge in [-0.1, -0.05) is 6.07 Å². The number of hydrogen-bond donors (Lipinski definition) is 3. The third kappa shape index (κ3) is 2.78. The summed E-state index contributed by atoms with van der Waals surface area (Å²) in [6.45, 7) is 0.546. The molecular weight excluding hydrogens is 193 g/mol. The fourth-order valence-corrected chi connectivity index (χ4v) is 0.891. The number of rotatable bonds is 2. The van der Waals surface area contributed by atoms with Crippen molar-refractivity contribution in [2.75, 3.05) is 6.54 Å². The van der Waals surface area contributed by atoms with Crippen LogP contribution < -0.4 is 5.73 Å². The van der Waals surface area contributed by atoms with Gasteiger partial charge in [0.05, 0.1) is 0 Å². The van der Waals surface area contributed by atoms with E-state index in [9.17, 15) is 0 Å². The Labute approximate surface area is 83.1 Å². The predicted molar refractivity (Wildman–Crippen MR) is 42.5 cm³/mol. The second kappa shape index (κ2) is 5.09. The molecule has 4 heteroatoms. The third-order valence-electron chi connectivity index (χ3n) is 1.47. The monoisotopic (exact) mass is 204 g/mol. The van der Waals surface area contributed by atoms with E-state index in [-0.39, 0.29) is 30.1 Å². The molecule has 0 aromatic heterocycles. The van der Waals surface area contributed by atoms with Crippen molar-refractivity contribution in [3.05, 3.63) is 23.8 Å². The second-order valence-electron chi connectivity index (χ2n) is 2.36. The topological polar surface area (TPSA) is 66.5 Å². The van der Waals surface area contributed by atoms with Crippen LogP contribution in [0.2, 0.25) is 0 Å². The zero-order valence-electron chi connectivity index (χ0n) is 6.57. The molecule has 0 saturated carbocycles. The van der Waals surface area contributed by atoms with Crippen LogP contribution in [-0.2, 0) is 25.0 Å². The Bertz CT molecular complexity index is 253. The van der Waals surface area contributed by atoms with E-state index in [1.807, 2.05) is 0 Å². The van der Waals surface area contributed by atoms with E-state index in [1.54, 1.807) is 6.07 Å². The van der Waals surface area contributed by atoms with Crippen molar-refractivity contribution in [3.8, 4) is 11.5 Å². The number of phenols is 2. The Kier molecular flexibility index (Phi) is 4.82. The maximum absolute atomic E-state index is 9.04. The van der Waals surface area contributed by atoms with Crippen molar-refractivity contribution in [1.82, 2.24) is 0 Å². The zero-order chi connectivity index (χ0) is 8.27. The molecule has 0 amide bonds. The van der Waals surface area contributed by atoms with Gasteiger partial charge in [0.25, 0.3) is 0 Å². The minimum absolute atomic E-state index is 0. The number of aromatic hydroxyl groups is 2. The molecule has 0 aliphatic heterocycles. The van der Waals surface area contributed by atoms with Crippen molar-refractivity contribution in [2.24, 2.45) is 5.73 Å². The first-order valence-electron chi connectivity index (χ1n) is 3.45. The van der Waals surface area contributed by atoms with Gasteiger partial charge in [-0.25, -0.2) is 0 Å². The Morgan fingerprint density at radius 1 is 1.17 bits per heavy atom. The molecular formula is C8H11NO2V. The van der Waals surface area contributed by atoms with E-state index in [0.717, 1.165) is 5.56 Å². The molecule has 0 heterocycles. The van der Waals surface area contributed by atoms with Crippen LogP contribution in [0.25, 0.3) is 0 Å². The van der Waals surface area contributed by atoms with Gasteiger partial charge in [-0.3, -0.25) is 0 Å². The Balaban J connectivity index is 0.00000121. The zero-order valence-corrected chi connectivity index (χ0v) is 7.96. The number of nitrogens with two attached hydrogens (primary N) is 1. The number of phenolic OH excluding ortho intramolecular Hbond substituents is 2. The molecule has 0 atom stereocenters. The normalized spacial score (nSPS) is 9.08. The average Bonchev–Trinajstić information content (AvgIpc) is 1.98. The first kappa shape index (κ1) is 11.4.